The minimum Gasteiger partial charge on any atom is -0.463 e. The van der Waals surface area contributed by atoms with Crippen LogP contribution in [0.4, 0.5) is 0 Å². The number of thiophene rings is 1. The molecule has 1 aromatic rings. The molecular weight excluding hydrogens is 339 g/mol. The van der Waals surface area contributed by atoms with E-state index in [0.29, 0.717) is 15.3 Å². The van der Waals surface area contributed by atoms with E-state index in [0.717, 1.165) is 16.7 Å². The average molecular weight is 357 g/mol. The Bertz CT molecular complexity index is 637. The summed E-state index contributed by atoms with van der Waals surface area (Å²) in [7, 11) is 0. The van der Waals surface area contributed by atoms with Crippen LogP contribution in [0.5, 0.6) is 0 Å². The first-order chi connectivity index (χ1) is 10.4. The zero-order chi connectivity index (χ0) is 16.5. The van der Waals surface area contributed by atoms with Gasteiger partial charge < -0.3 is 4.74 Å². The molecule has 0 aliphatic rings. The second-order valence-corrected chi connectivity index (χ2v) is 6.81. The number of carbonyl (C=O) groups excluding carboxylic acids is 1. The quantitative estimate of drug-likeness (QED) is 0.350. The van der Waals surface area contributed by atoms with Crippen LogP contribution in [0.3, 0.4) is 0 Å². The molecular formula is C17H18Cl2O2S. The molecule has 118 valence electrons. The van der Waals surface area contributed by atoms with E-state index in [1.54, 1.807) is 6.92 Å². The van der Waals surface area contributed by atoms with Gasteiger partial charge in [0.25, 0.3) is 0 Å². The summed E-state index contributed by atoms with van der Waals surface area (Å²) in [5, 5.41) is 0. The summed E-state index contributed by atoms with van der Waals surface area (Å²) >= 11 is 13.3. The predicted octanol–water partition coefficient (Wildman–Crippen LogP) is 6.08. The van der Waals surface area contributed by atoms with Gasteiger partial charge in [-0.25, -0.2) is 4.79 Å². The number of rotatable bonds is 6. The minimum atomic E-state index is -0.325. The Morgan fingerprint density at radius 3 is 2.59 bits per heavy atom. The highest BCUT2D eigenvalue weighted by molar-refractivity contribution is 7.20. The Morgan fingerprint density at radius 1 is 1.27 bits per heavy atom. The lowest BCUT2D eigenvalue weighted by molar-refractivity contribution is -0.137. The van der Waals surface area contributed by atoms with Gasteiger partial charge in [0.05, 0.1) is 10.9 Å². The van der Waals surface area contributed by atoms with Crippen molar-refractivity contribution in [1.82, 2.24) is 0 Å². The van der Waals surface area contributed by atoms with Crippen LogP contribution in [-0.4, -0.2) is 12.6 Å². The maximum Gasteiger partial charge on any atom is 0.330 e. The Morgan fingerprint density at radius 2 is 2.00 bits per heavy atom. The Hall–Kier alpha value is -1.29. The van der Waals surface area contributed by atoms with Gasteiger partial charge in [0.15, 0.2) is 0 Å². The topological polar surface area (TPSA) is 26.3 Å². The molecule has 0 saturated carbocycles. The highest BCUT2D eigenvalue weighted by Gasteiger charge is 2.01. The molecule has 0 aliphatic heterocycles. The third kappa shape index (κ3) is 7.12. The van der Waals surface area contributed by atoms with Crippen molar-refractivity contribution < 1.29 is 9.53 Å². The molecule has 0 aliphatic carbocycles. The van der Waals surface area contributed by atoms with E-state index < -0.39 is 0 Å². The fourth-order valence-corrected chi connectivity index (χ4v) is 2.95. The highest BCUT2D eigenvalue weighted by Crippen LogP contribution is 2.32. The van der Waals surface area contributed by atoms with Crippen molar-refractivity contribution in [3.8, 4) is 0 Å². The summed E-state index contributed by atoms with van der Waals surface area (Å²) in [6, 6.07) is 1.83. The number of hydrogen-bond donors (Lipinski definition) is 0. The molecule has 0 radical (unpaired) electrons. The average Bonchev–Trinajstić information content (AvgIpc) is 2.74. The fourth-order valence-electron chi connectivity index (χ4n) is 1.51. The zero-order valence-electron chi connectivity index (χ0n) is 12.7. The summed E-state index contributed by atoms with van der Waals surface area (Å²) in [5.74, 6) is -0.325. The molecule has 0 N–H and O–H groups in total. The van der Waals surface area contributed by atoms with Gasteiger partial charge in [0, 0.05) is 11.6 Å². The smallest absolute Gasteiger partial charge is 0.330 e. The third-order valence-corrected chi connectivity index (χ3v) is 4.08. The SMILES string of the molecule is CCOC(=O)/C=C(C)/C=C/C=C(\C)C=Cc1cc(Cl)sc1Cl. The third-order valence-electron chi connectivity index (χ3n) is 2.56. The number of ether oxygens (including phenoxy) is 1. The Labute approximate surface area is 145 Å². The number of esters is 1. The second-order valence-electron chi connectivity index (χ2n) is 4.52. The summed E-state index contributed by atoms with van der Waals surface area (Å²) in [5.41, 5.74) is 2.80. The molecule has 1 heterocycles. The van der Waals surface area contributed by atoms with Crippen molar-refractivity contribution in [3.63, 3.8) is 0 Å². The summed E-state index contributed by atoms with van der Waals surface area (Å²) in [6.45, 7) is 5.99. The maximum absolute atomic E-state index is 11.3. The summed E-state index contributed by atoms with van der Waals surface area (Å²) in [4.78, 5) is 11.3. The van der Waals surface area contributed by atoms with Crippen molar-refractivity contribution >= 4 is 46.6 Å². The van der Waals surface area contributed by atoms with Crippen LogP contribution in [0.1, 0.15) is 26.3 Å². The molecule has 1 rings (SSSR count). The van der Waals surface area contributed by atoms with Gasteiger partial charge in [-0.15, -0.1) is 11.3 Å². The maximum atomic E-state index is 11.3. The van der Waals surface area contributed by atoms with Crippen molar-refractivity contribution in [3.05, 3.63) is 61.8 Å². The largest absolute Gasteiger partial charge is 0.463 e. The first-order valence-electron chi connectivity index (χ1n) is 6.75. The Balaban J connectivity index is 2.64. The number of carbonyl (C=O) groups is 1. The molecule has 0 saturated heterocycles. The first kappa shape index (κ1) is 18.8. The minimum absolute atomic E-state index is 0.325. The molecule has 5 heteroatoms. The van der Waals surface area contributed by atoms with Gasteiger partial charge in [0.1, 0.15) is 4.34 Å². The van der Waals surface area contributed by atoms with Crippen molar-refractivity contribution in [2.24, 2.45) is 0 Å². The molecule has 1 aromatic heterocycles. The van der Waals surface area contributed by atoms with E-state index in [1.165, 1.54) is 17.4 Å². The first-order valence-corrected chi connectivity index (χ1v) is 8.32. The molecule has 0 spiro atoms. The molecule has 0 unspecified atom stereocenters. The molecule has 0 atom stereocenters. The molecule has 0 fully saturated rings. The van der Waals surface area contributed by atoms with Crippen LogP contribution < -0.4 is 0 Å². The zero-order valence-corrected chi connectivity index (χ0v) is 15.1. The van der Waals surface area contributed by atoms with E-state index in [-0.39, 0.29) is 5.97 Å². The number of hydrogen-bond acceptors (Lipinski definition) is 3. The standard InChI is InChI=1S/C17H18Cl2O2S/c1-4-21-16(20)10-13(3)7-5-6-12(2)8-9-14-11-15(18)22-17(14)19/h5-11H,4H2,1-3H3/b7-5+,9-8?,12-6+,13-10+. The van der Waals surface area contributed by atoms with Gasteiger partial charge in [-0.2, -0.15) is 0 Å². The van der Waals surface area contributed by atoms with Crippen molar-refractivity contribution in [1.29, 1.82) is 0 Å². The van der Waals surface area contributed by atoms with Gasteiger partial charge in [0.2, 0.25) is 0 Å². The normalized spacial score (nSPS) is 13.3. The van der Waals surface area contributed by atoms with E-state index in [4.69, 9.17) is 27.9 Å². The van der Waals surface area contributed by atoms with E-state index in [1.807, 2.05) is 50.3 Å². The monoisotopic (exact) mass is 356 g/mol. The van der Waals surface area contributed by atoms with Crippen LogP contribution in [0.2, 0.25) is 8.67 Å². The van der Waals surface area contributed by atoms with Crippen LogP contribution >= 0.6 is 34.5 Å². The van der Waals surface area contributed by atoms with Crippen LogP contribution in [-0.2, 0) is 9.53 Å². The van der Waals surface area contributed by atoms with Crippen molar-refractivity contribution in [2.45, 2.75) is 20.8 Å². The lowest BCUT2D eigenvalue weighted by atomic mass is 10.2. The van der Waals surface area contributed by atoms with E-state index >= 15 is 0 Å². The van der Waals surface area contributed by atoms with Crippen LogP contribution in [0.25, 0.3) is 6.08 Å². The van der Waals surface area contributed by atoms with Gasteiger partial charge in [-0.3, -0.25) is 0 Å². The van der Waals surface area contributed by atoms with E-state index in [2.05, 4.69) is 0 Å². The van der Waals surface area contributed by atoms with Gasteiger partial charge in [-0.1, -0.05) is 59.2 Å². The predicted molar refractivity (Wildman–Crippen MR) is 96.7 cm³/mol. The Kier molecular flexibility index (Phi) is 8.25. The lowest BCUT2D eigenvalue weighted by Crippen LogP contribution is -1.99. The molecule has 0 aromatic carbocycles. The van der Waals surface area contributed by atoms with Crippen LogP contribution in [0, 0.1) is 0 Å². The summed E-state index contributed by atoms with van der Waals surface area (Å²) < 4.78 is 6.19. The van der Waals surface area contributed by atoms with Gasteiger partial charge in [-0.05, 0) is 32.4 Å². The lowest BCUT2D eigenvalue weighted by Gasteiger charge is -1.96. The molecule has 0 bridgehead atoms. The molecule has 2 nitrogen and oxygen atoms in total. The second kappa shape index (κ2) is 9.67. The number of halogens is 2. The molecule has 0 amide bonds. The fraction of sp³-hybridized carbons (Fsp3) is 0.235. The van der Waals surface area contributed by atoms with Crippen LogP contribution in [0.15, 0.2) is 47.6 Å². The highest BCUT2D eigenvalue weighted by atomic mass is 35.5. The van der Waals surface area contributed by atoms with Crippen molar-refractivity contribution in [2.75, 3.05) is 6.61 Å². The van der Waals surface area contributed by atoms with E-state index in [9.17, 15) is 4.79 Å². The van der Waals surface area contributed by atoms with Gasteiger partial charge >= 0.3 is 5.97 Å². The summed E-state index contributed by atoms with van der Waals surface area (Å²) in [6.07, 6.45) is 11.0. The number of allylic oxidation sites excluding steroid dienone is 6. The molecule has 22 heavy (non-hydrogen) atoms.